The zero-order valence-corrected chi connectivity index (χ0v) is 26.7. The minimum atomic E-state index is 0.238. The van der Waals surface area contributed by atoms with Crippen LogP contribution in [0.15, 0.2) is 144 Å². The number of benzene rings is 6. The number of rotatable bonds is 3. The van der Waals surface area contributed by atoms with Crippen LogP contribution in [0.5, 0.6) is 0 Å². The van der Waals surface area contributed by atoms with Gasteiger partial charge in [-0.15, -0.1) is 11.8 Å². The second kappa shape index (κ2) is 10.3. The first-order valence-corrected chi connectivity index (χ1v) is 17.1. The van der Waals surface area contributed by atoms with Crippen molar-refractivity contribution in [3.05, 3.63) is 162 Å². The Bertz CT molecular complexity index is 2690. The standard InChI is InChI=1S/C43H28N4S/c44-25-26-20-22-37-33(24-26)28-12-4-6-17-35(28)47(37)38-19-9-16-34(45)40(38)32-15-8-14-29-30-21-23-39-41(43(30)48-42(29)32)31-13-5-7-18-36(31)46(39)27-10-2-1-3-11-27/h1-24,30,43H,45H2. The Hall–Kier alpha value is -5.96. The molecule has 10 rings (SSSR count). The number of hydrogen-bond donors (Lipinski definition) is 1. The average molecular weight is 633 g/mol. The van der Waals surface area contributed by atoms with E-state index in [9.17, 15) is 5.26 Å². The van der Waals surface area contributed by atoms with Gasteiger partial charge in [-0.2, -0.15) is 5.26 Å². The highest BCUT2D eigenvalue weighted by atomic mass is 32.2. The lowest BCUT2D eigenvalue weighted by Crippen LogP contribution is -2.08. The summed E-state index contributed by atoms with van der Waals surface area (Å²) in [6, 6.07) is 49.2. The summed E-state index contributed by atoms with van der Waals surface area (Å²) in [7, 11) is 0. The third-order valence-corrected chi connectivity index (χ3v) is 11.5. The first kappa shape index (κ1) is 27.2. The van der Waals surface area contributed by atoms with Crippen molar-refractivity contribution in [2.45, 2.75) is 16.1 Å². The van der Waals surface area contributed by atoms with Crippen LogP contribution in [-0.2, 0) is 0 Å². The van der Waals surface area contributed by atoms with Gasteiger partial charge < -0.3 is 14.9 Å². The van der Waals surface area contributed by atoms with Crippen LogP contribution < -0.4 is 5.73 Å². The van der Waals surface area contributed by atoms with E-state index in [1.54, 1.807) is 0 Å². The molecule has 3 heterocycles. The number of nitrogens with zero attached hydrogens (tertiary/aromatic N) is 3. The van der Waals surface area contributed by atoms with E-state index in [0.717, 1.165) is 44.3 Å². The van der Waals surface area contributed by atoms with Gasteiger partial charge in [0.2, 0.25) is 0 Å². The molecule has 0 saturated heterocycles. The van der Waals surface area contributed by atoms with E-state index in [1.165, 1.54) is 38.3 Å². The number of anilines is 1. The summed E-state index contributed by atoms with van der Waals surface area (Å²) in [6.07, 6.45) is 4.74. The predicted octanol–water partition coefficient (Wildman–Crippen LogP) is 10.8. The second-order valence-electron chi connectivity index (χ2n) is 12.6. The van der Waals surface area contributed by atoms with Crippen LogP contribution in [-0.4, -0.2) is 9.13 Å². The molecule has 0 amide bonds. The Morgan fingerprint density at radius 1 is 0.667 bits per heavy atom. The van der Waals surface area contributed by atoms with E-state index in [4.69, 9.17) is 5.73 Å². The van der Waals surface area contributed by atoms with E-state index >= 15 is 0 Å². The molecule has 0 fully saturated rings. The van der Waals surface area contributed by atoms with E-state index in [2.05, 4.69) is 137 Å². The van der Waals surface area contributed by atoms with Gasteiger partial charge in [0, 0.05) is 49.2 Å². The lowest BCUT2D eigenvalue weighted by atomic mass is 9.85. The normalized spacial score (nSPS) is 16.2. The molecule has 0 bridgehead atoms. The zero-order chi connectivity index (χ0) is 31.9. The van der Waals surface area contributed by atoms with Crippen molar-refractivity contribution >= 4 is 56.2 Å². The molecule has 2 unspecified atom stereocenters. The van der Waals surface area contributed by atoms with E-state index in [0.29, 0.717) is 5.56 Å². The minimum Gasteiger partial charge on any atom is -0.398 e. The number of aromatic nitrogens is 2. The Balaban J connectivity index is 1.18. The number of allylic oxidation sites excluding steroid dienone is 1. The van der Waals surface area contributed by atoms with Crippen molar-refractivity contribution in [3.8, 4) is 28.6 Å². The van der Waals surface area contributed by atoms with Gasteiger partial charge in [0.1, 0.15) is 0 Å². The molecule has 48 heavy (non-hydrogen) atoms. The summed E-state index contributed by atoms with van der Waals surface area (Å²) in [5.41, 5.74) is 20.1. The number of para-hydroxylation sites is 3. The summed E-state index contributed by atoms with van der Waals surface area (Å²) >= 11 is 1.97. The van der Waals surface area contributed by atoms with Crippen molar-refractivity contribution in [1.82, 2.24) is 9.13 Å². The molecular formula is C43H28N4S. The summed E-state index contributed by atoms with van der Waals surface area (Å²) < 4.78 is 4.73. The van der Waals surface area contributed by atoms with E-state index < -0.39 is 0 Å². The first-order valence-electron chi connectivity index (χ1n) is 16.2. The molecule has 4 nitrogen and oxygen atoms in total. The molecule has 8 aromatic rings. The summed E-state index contributed by atoms with van der Waals surface area (Å²) in [5, 5.41) is 13.4. The SMILES string of the molecule is N#Cc1ccc2c(c1)c1ccccc1n2-c1cccc(N)c1-c1cccc2c1SC1c3c(n(-c4ccccc4)c4ccccc34)C=CC21. The number of fused-ring (bicyclic) bond motifs is 10. The van der Waals surface area contributed by atoms with Crippen LogP contribution in [0.3, 0.4) is 0 Å². The van der Waals surface area contributed by atoms with Crippen LogP contribution in [0.4, 0.5) is 5.69 Å². The Labute approximate surface area is 282 Å². The number of hydrogen-bond acceptors (Lipinski definition) is 3. The molecule has 226 valence electrons. The lowest BCUT2D eigenvalue weighted by Gasteiger charge is -2.22. The van der Waals surface area contributed by atoms with Crippen LogP contribution in [0, 0.1) is 11.3 Å². The van der Waals surface area contributed by atoms with Crippen molar-refractivity contribution < 1.29 is 0 Å². The highest BCUT2D eigenvalue weighted by Crippen LogP contribution is 2.62. The van der Waals surface area contributed by atoms with Gasteiger partial charge in [-0.25, -0.2) is 0 Å². The molecule has 1 aliphatic carbocycles. The third kappa shape index (κ3) is 3.72. The molecule has 2 aromatic heterocycles. The van der Waals surface area contributed by atoms with E-state index in [-0.39, 0.29) is 11.2 Å². The molecule has 1 aliphatic heterocycles. The fraction of sp³-hybridized carbons (Fsp3) is 0.0465. The molecule has 0 saturated carbocycles. The van der Waals surface area contributed by atoms with Crippen molar-refractivity contribution in [2.24, 2.45) is 0 Å². The van der Waals surface area contributed by atoms with Crippen molar-refractivity contribution in [2.75, 3.05) is 5.73 Å². The van der Waals surface area contributed by atoms with Crippen LogP contribution in [0.2, 0.25) is 0 Å². The Kier molecular flexibility index (Phi) is 5.82. The molecule has 0 spiro atoms. The lowest BCUT2D eigenvalue weighted by molar-refractivity contribution is 0.817. The van der Waals surface area contributed by atoms with Crippen molar-refractivity contribution in [3.63, 3.8) is 0 Å². The van der Waals surface area contributed by atoms with Crippen LogP contribution in [0.25, 0.3) is 61.3 Å². The monoisotopic (exact) mass is 632 g/mol. The molecule has 5 heteroatoms. The second-order valence-corrected chi connectivity index (χ2v) is 13.7. The molecular weight excluding hydrogens is 605 g/mol. The largest absolute Gasteiger partial charge is 0.398 e. The summed E-state index contributed by atoms with van der Waals surface area (Å²) in [6.45, 7) is 0. The molecule has 2 aliphatic rings. The maximum absolute atomic E-state index is 9.70. The van der Waals surface area contributed by atoms with Gasteiger partial charge in [-0.3, -0.25) is 0 Å². The predicted molar refractivity (Wildman–Crippen MR) is 199 cm³/mol. The molecule has 0 radical (unpaired) electrons. The van der Waals surface area contributed by atoms with Gasteiger partial charge in [0.05, 0.1) is 39.6 Å². The van der Waals surface area contributed by atoms with Gasteiger partial charge in [-0.1, -0.05) is 84.9 Å². The zero-order valence-electron chi connectivity index (χ0n) is 25.8. The Morgan fingerprint density at radius 3 is 2.23 bits per heavy atom. The smallest absolute Gasteiger partial charge is 0.0991 e. The highest BCUT2D eigenvalue weighted by molar-refractivity contribution is 8.00. The fourth-order valence-corrected chi connectivity index (χ4v) is 9.73. The molecule has 2 atom stereocenters. The third-order valence-electron chi connectivity index (χ3n) is 10.1. The Morgan fingerprint density at radius 2 is 1.40 bits per heavy atom. The first-order chi connectivity index (χ1) is 23.7. The van der Waals surface area contributed by atoms with Crippen LogP contribution >= 0.6 is 11.8 Å². The molecule has 6 aromatic carbocycles. The fourth-order valence-electron chi connectivity index (χ4n) is 8.09. The quantitative estimate of drug-likeness (QED) is 0.197. The summed E-state index contributed by atoms with van der Waals surface area (Å²) in [4.78, 5) is 1.29. The average Bonchev–Trinajstić information content (AvgIpc) is 3.79. The highest BCUT2D eigenvalue weighted by Gasteiger charge is 2.40. The van der Waals surface area contributed by atoms with Crippen molar-refractivity contribution in [1.29, 1.82) is 5.26 Å². The topological polar surface area (TPSA) is 59.7 Å². The maximum atomic E-state index is 9.70. The van der Waals surface area contributed by atoms with Gasteiger partial charge in [-0.05, 0) is 77.4 Å². The van der Waals surface area contributed by atoms with Crippen LogP contribution in [0.1, 0.15) is 33.6 Å². The number of thioether (sulfide) groups is 1. The summed E-state index contributed by atoms with van der Waals surface area (Å²) in [5.74, 6) is 0.249. The van der Waals surface area contributed by atoms with E-state index in [1.807, 2.05) is 36.0 Å². The number of nitrogens with two attached hydrogens (primary N) is 1. The van der Waals surface area contributed by atoms with Gasteiger partial charge in [0.25, 0.3) is 0 Å². The number of nitriles is 1. The maximum Gasteiger partial charge on any atom is 0.0991 e. The van der Waals surface area contributed by atoms with Gasteiger partial charge in [0.15, 0.2) is 0 Å². The minimum absolute atomic E-state index is 0.238. The van der Waals surface area contributed by atoms with Gasteiger partial charge >= 0.3 is 0 Å². The number of nitrogen functional groups attached to an aromatic ring is 1. The molecule has 2 N–H and O–H groups in total.